The van der Waals surface area contributed by atoms with Crippen LogP contribution in [-0.2, 0) is 47.5 Å². The zero-order chi connectivity index (χ0) is 47.1. The fraction of sp³-hybridized carbons (Fsp3) is 0.870. The molecule has 3 saturated heterocycles. The molecule has 4 aliphatic heterocycles. The summed E-state index contributed by atoms with van der Waals surface area (Å²) in [6.45, 7) is 9.70. The second-order valence-corrected chi connectivity index (χ2v) is 20.7. The molecule has 8 aliphatic rings. The van der Waals surface area contributed by atoms with Crippen molar-refractivity contribution < 1.29 is 93.4 Å². The number of carbonyl (C=O) groups excluding carboxylic acids is 2. The highest BCUT2D eigenvalue weighted by molar-refractivity contribution is 5.89. The average Bonchev–Trinajstić information content (AvgIpc) is 3.63. The summed E-state index contributed by atoms with van der Waals surface area (Å²) in [6.07, 6.45) is -15.3. The van der Waals surface area contributed by atoms with Crippen LogP contribution in [0.2, 0.25) is 0 Å². The molecule has 0 amide bonds. The van der Waals surface area contributed by atoms with E-state index in [9.17, 15) is 55.5 Å². The van der Waals surface area contributed by atoms with Gasteiger partial charge in [-0.2, -0.15) is 0 Å². The summed E-state index contributed by atoms with van der Waals surface area (Å²) in [5.41, 5.74) is 0.483. The third-order valence-corrected chi connectivity index (χ3v) is 17.1. The maximum absolute atomic E-state index is 12.9. The van der Waals surface area contributed by atoms with Crippen LogP contribution in [0.1, 0.15) is 92.9 Å². The summed E-state index contributed by atoms with van der Waals surface area (Å²) in [7, 11) is 0. The van der Waals surface area contributed by atoms with Gasteiger partial charge in [0.1, 0.15) is 78.8 Å². The van der Waals surface area contributed by atoms with Crippen molar-refractivity contribution in [3.63, 3.8) is 0 Å². The molecule has 3 saturated carbocycles. The van der Waals surface area contributed by atoms with Gasteiger partial charge in [-0.05, 0) is 88.4 Å². The average molecular weight is 927 g/mol. The van der Waals surface area contributed by atoms with Crippen LogP contribution in [0, 0.1) is 34.5 Å². The Morgan fingerprint density at radius 2 is 1.46 bits per heavy atom. The van der Waals surface area contributed by atoms with Crippen molar-refractivity contribution in [2.75, 3.05) is 19.8 Å². The molecule has 19 nitrogen and oxygen atoms in total. The van der Waals surface area contributed by atoms with Gasteiger partial charge in [0.15, 0.2) is 18.9 Å². The first kappa shape index (κ1) is 49.2. The standard InChI is InChI=1S/C46H70O19/c1-19-13-32(63-40(56)20(19)2)46(6,57)30-10-9-25-24-8-7-22-14-23(15-31(60-21(3)48)45(22,5)26(24)11-12-44(25,30)4)61-43-37(55)39(65-42-36(54)34(52)28(50)18-59-42)38(29(16-47)62-43)64-41-35(53)33(51)27(49)17-58-41/h7,23-39,41-43,47,49-55,57H,8-18H2,1-6H3/t23-,24+,25+,26+,27-,28-,29-,30+,31+,32-,33+,34+,35-,36-,37-,38-,39-,41+,42+,43-,44+,45+,46-/m1/s1. The van der Waals surface area contributed by atoms with Gasteiger partial charge in [-0.3, -0.25) is 4.79 Å². The largest absolute Gasteiger partial charge is 0.462 e. The quantitative estimate of drug-likeness (QED) is 0.0997. The van der Waals surface area contributed by atoms with Crippen LogP contribution in [0.4, 0.5) is 0 Å². The van der Waals surface area contributed by atoms with Crippen LogP contribution in [0.5, 0.6) is 0 Å². The highest BCUT2D eigenvalue weighted by Gasteiger charge is 2.65. The molecule has 0 radical (unpaired) electrons. The highest BCUT2D eigenvalue weighted by Crippen LogP contribution is 2.68. The van der Waals surface area contributed by atoms with Crippen molar-refractivity contribution in [2.24, 2.45) is 34.5 Å². The van der Waals surface area contributed by atoms with Crippen molar-refractivity contribution in [3.05, 3.63) is 22.8 Å². The number of aliphatic hydroxyl groups is 9. The lowest BCUT2D eigenvalue weighted by Gasteiger charge is -2.60. The molecule has 4 aliphatic carbocycles. The van der Waals surface area contributed by atoms with Gasteiger partial charge in [-0.25, -0.2) is 4.79 Å². The Morgan fingerprint density at radius 3 is 2.06 bits per heavy atom. The molecular weight excluding hydrogens is 856 g/mol. The fourth-order valence-corrected chi connectivity index (χ4v) is 13.3. The van der Waals surface area contributed by atoms with Gasteiger partial charge >= 0.3 is 11.9 Å². The predicted octanol–water partition coefficient (Wildman–Crippen LogP) is -0.378. The minimum atomic E-state index is -1.79. The van der Waals surface area contributed by atoms with Crippen LogP contribution >= 0.6 is 0 Å². The van der Waals surface area contributed by atoms with Gasteiger partial charge in [0.05, 0.1) is 25.9 Å². The van der Waals surface area contributed by atoms with Crippen LogP contribution in [0.25, 0.3) is 0 Å². The van der Waals surface area contributed by atoms with Gasteiger partial charge in [-0.1, -0.05) is 31.1 Å². The number of ether oxygens (including phenoxy) is 8. The van der Waals surface area contributed by atoms with Crippen molar-refractivity contribution >= 4 is 11.9 Å². The Labute approximate surface area is 378 Å². The molecule has 8 rings (SSSR count). The van der Waals surface area contributed by atoms with E-state index in [0.29, 0.717) is 18.4 Å². The number of hydrogen-bond donors (Lipinski definition) is 9. The minimum absolute atomic E-state index is 0.108. The van der Waals surface area contributed by atoms with Crippen molar-refractivity contribution in [1.29, 1.82) is 0 Å². The third-order valence-electron chi connectivity index (χ3n) is 17.1. The molecule has 23 atom stereocenters. The lowest BCUT2D eigenvalue weighted by molar-refractivity contribution is -0.380. The Morgan fingerprint density at radius 1 is 0.831 bits per heavy atom. The molecule has 0 unspecified atom stereocenters. The zero-order valence-corrected chi connectivity index (χ0v) is 38.0. The molecule has 0 aromatic heterocycles. The van der Waals surface area contributed by atoms with E-state index in [1.54, 1.807) is 6.92 Å². The van der Waals surface area contributed by atoms with Gasteiger partial charge < -0.3 is 83.9 Å². The number of carbonyl (C=O) groups is 2. The van der Waals surface area contributed by atoms with Crippen LogP contribution in [0.3, 0.4) is 0 Å². The van der Waals surface area contributed by atoms with Crippen LogP contribution < -0.4 is 0 Å². The summed E-state index contributed by atoms with van der Waals surface area (Å²) in [5.74, 6) is -0.380. The summed E-state index contributed by atoms with van der Waals surface area (Å²) >= 11 is 0. The molecule has 4 heterocycles. The molecule has 19 heteroatoms. The number of rotatable bonds is 10. The Kier molecular flexibility index (Phi) is 14.1. The van der Waals surface area contributed by atoms with E-state index in [4.69, 9.17) is 37.9 Å². The first-order valence-corrected chi connectivity index (χ1v) is 23.3. The van der Waals surface area contributed by atoms with Crippen LogP contribution in [-0.4, -0.2) is 182 Å². The first-order chi connectivity index (χ1) is 30.6. The summed E-state index contributed by atoms with van der Waals surface area (Å²) < 4.78 is 47.7. The number of hydrogen-bond acceptors (Lipinski definition) is 19. The van der Waals surface area contributed by atoms with E-state index in [1.165, 1.54) is 6.92 Å². The fourth-order valence-electron chi connectivity index (χ4n) is 13.3. The van der Waals surface area contributed by atoms with Gasteiger partial charge in [-0.15, -0.1) is 0 Å². The summed E-state index contributed by atoms with van der Waals surface area (Å²) in [4.78, 5) is 25.7. The predicted molar refractivity (Wildman–Crippen MR) is 222 cm³/mol. The van der Waals surface area contributed by atoms with E-state index in [0.717, 1.165) is 43.3 Å². The molecule has 0 bridgehead atoms. The highest BCUT2D eigenvalue weighted by atomic mass is 16.8. The Bertz CT molecular complexity index is 1820. The molecule has 0 spiro atoms. The molecule has 65 heavy (non-hydrogen) atoms. The summed E-state index contributed by atoms with van der Waals surface area (Å²) in [5, 5.41) is 97.3. The van der Waals surface area contributed by atoms with Gasteiger partial charge in [0.2, 0.25) is 0 Å². The first-order valence-electron chi connectivity index (χ1n) is 23.3. The lowest BCUT2D eigenvalue weighted by Crippen LogP contribution is -2.66. The van der Waals surface area contributed by atoms with E-state index in [2.05, 4.69) is 19.9 Å². The van der Waals surface area contributed by atoms with E-state index in [-0.39, 0.29) is 41.5 Å². The third kappa shape index (κ3) is 8.66. The Hall–Kier alpha value is -2.18. The molecule has 9 N–H and O–H groups in total. The molecular formula is C46H70O19. The smallest absolute Gasteiger partial charge is 0.334 e. The number of cyclic esters (lactones) is 1. The lowest BCUT2D eigenvalue weighted by atomic mass is 9.46. The normalized spacial score (nSPS) is 50.0. The van der Waals surface area contributed by atoms with Crippen molar-refractivity contribution in [3.8, 4) is 0 Å². The number of esters is 2. The number of aliphatic hydroxyl groups excluding tert-OH is 8. The second kappa shape index (κ2) is 18.6. The maximum atomic E-state index is 12.9. The molecule has 6 fully saturated rings. The molecule has 0 aromatic carbocycles. The molecule has 0 aromatic rings. The monoisotopic (exact) mass is 926 g/mol. The SMILES string of the molecule is CC(=O)O[C@H]1C[C@H](O[C@@H]2O[C@H](CO)[C@@H](O[C@@H]3OC[C@@H](O)[C@H](O)[C@H]3O)[C@H](O[C@@H]3OC[C@@H](O)[C@H](O)[C@H]3O)[C@H]2O)CC2=CC[C@H]3[C@@H]4CC[C@H]([C@@](C)(O)[C@H]5CC(C)=C(C)C(=O)O5)[C@@]4(C)CC[C@@H]3[C@]21C. The van der Waals surface area contributed by atoms with E-state index in [1.807, 2.05) is 13.8 Å². The number of allylic oxidation sites excluding steroid dienone is 1. The summed E-state index contributed by atoms with van der Waals surface area (Å²) in [6, 6.07) is 0. The van der Waals surface area contributed by atoms with Gasteiger partial charge in [0.25, 0.3) is 0 Å². The molecule has 368 valence electrons. The van der Waals surface area contributed by atoms with E-state index >= 15 is 0 Å². The van der Waals surface area contributed by atoms with Crippen LogP contribution in [0.15, 0.2) is 22.8 Å². The topological polar surface area (TPSA) is 290 Å². The van der Waals surface area contributed by atoms with Gasteiger partial charge in [0, 0.05) is 30.8 Å². The zero-order valence-electron chi connectivity index (χ0n) is 38.0. The van der Waals surface area contributed by atoms with Crippen molar-refractivity contribution in [2.45, 2.75) is 197 Å². The maximum Gasteiger partial charge on any atom is 0.334 e. The van der Waals surface area contributed by atoms with Crippen molar-refractivity contribution in [1.82, 2.24) is 0 Å². The Balaban J connectivity index is 1.03. The van der Waals surface area contributed by atoms with E-state index < -0.39 is 135 Å². The number of fused-ring (bicyclic) bond motifs is 5. The second-order valence-electron chi connectivity index (χ2n) is 20.7. The minimum Gasteiger partial charge on any atom is -0.462 e.